The van der Waals surface area contributed by atoms with Crippen LogP contribution in [0, 0.1) is 6.92 Å². The zero-order valence-electron chi connectivity index (χ0n) is 27.1. The van der Waals surface area contributed by atoms with Crippen LogP contribution >= 0.6 is 12.0 Å². The number of rotatable bonds is 13. The van der Waals surface area contributed by atoms with Gasteiger partial charge in [0.15, 0.2) is 12.3 Å². The summed E-state index contributed by atoms with van der Waals surface area (Å²) in [4.78, 5) is 2.90. The van der Waals surface area contributed by atoms with E-state index in [-0.39, 0.29) is 4.90 Å². The predicted octanol–water partition coefficient (Wildman–Crippen LogP) is 8.30. The van der Waals surface area contributed by atoms with Gasteiger partial charge in [0.25, 0.3) is 10.1 Å². The minimum absolute atomic E-state index is 0.150. The van der Waals surface area contributed by atoms with Gasteiger partial charge in [-0.3, -0.25) is 4.55 Å². The Morgan fingerprint density at radius 2 is 1.48 bits per heavy atom. The molecule has 5 rings (SSSR count). The van der Waals surface area contributed by atoms with Gasteiger partial charge in [-0.2, -0.15) is 8.42 Å². The Morgan fingerprint density at radius 3 is 2.08 bits per heavy atom. The van der Waals surface area contributed by atoms with Crippen molar-refractivity contribution in [2.24, 2.45) is 0 Å². The van der Waals surface area contributed by atoms with E-state index in [0.29, 0.717) is 6.54 Å². The summed E-state index contributed by atoms with van der Waals surface area (Å²) in [6.07, 6.45) is 8.45. The standard InChI is InChI=1S/C38H38N2O6S2/c1-4-39(26-29-9-6-8-28(3)24-29)34-18-12-31(13-19-34)38(33-16-22-37(23-17-33)48(42,43)44)32-14-20-35(21-15-32)40(5-2)27-30-10-7-11-36(25-30)47-46-45-41/h6-25H,4-5,26-27H2,1-3H3,(H-,41,42,43,44)/p+1. The van der Waals surface area contributed by atoms with E-state index in [0.717, 1.165) is 75.8 Å². The molecule has 8 nitrogen and oxygen atoms in total. The normalized spacial score (nSPS) is 12.8. The highest BCUT2D eigenvalue weighted by Crippen LogP contribution is 2.32. The highest BCUT2D eigenvalue weighted by Gasteiger charge is 2.18. The first-order valence-electron chi connectivity index (χ1n) is 15.6. The van der Waals surface area contributed by atoms with Crippen molar-refractivity contribution in [2.75, 3.05) is 18.0 Å². The summed E-state index contributed by atoms with van der Waals surface area (Å²) in [6.45, 7) is 9.44. The number of hydrogen-bond donors (Lipinski definition) is 2. The van der Waals surface area contributed by atoms with Crippen LogP contribution in [-0.4, -0.2) is 41.6 Å². The molecule has 0 bridgehead atoms. The summed E-state index contributed by atoms with van der Waals surface area (Å²) >= 11 is 0.929. The van der Waals surface area contributed by atoms with Gasteiger partial charge in [0.1, 0.15) is 6.54 Å². The van der Waals surface area contributed by atoms with E-state index < -0.39 is 10.1 Å². The molecule has 0 heterocycles. The minimum Gasteiger partial charge on any atom is -0.367 e. The molecule has 4 aromatic carbocycles. The topological polar surface area (TPSA) is 99.3 Å². The second-order valence-electron chi connectivity index (χ2n) is 11.4. The van der Waals surface area contributed by atoms with Crippen LogP contribution in [-0.2, 0) is 32.6 Å². The van der Waals surface area contributed by atoms with Gasteiger partial charge in [0.2, 0.25) is 0 Å². The van der Waals surface area contributed by atoms with Gasteiger partial charge >= 0.3 is 0 Å². The SMILES string of the molecule is CCN(Cc1cccc(SOOO)c1)c1ccc(C(=C2C=CC(=[N+](CC)Cc3cccc(C)c3)C=C2)c2ccc(S(=O)(=O)O)cc2)cc1. The summed E-state index contributed by atoms with van der Waals surface area (Å²) < 4.78 is 40.0. The van der Waals surface area contributed by atoms with Gasteiger partial charge in [0, 0.05) is 41.4 Å². The van der Waals surface area contributed by atoms with Gasteiger partial charge in [-0.25, -0.2) is 9.83 Å². The van der Waals surface area contributed by atoms with Crippen molar-refractivity contribution in [1.82, 2.24) is 0 Å². The fourth-order valence-electron chi connectivity index (χ4n) is 5.74. The van der Waals surface area contributed by atoms with Crippen molar-refractivity contribution in [3.8, 4) is 0 Å². The highest BCUT2D eigenvalue weighted by molar-refractivity contribution is 7.94. The zero-order chi connectivity index (χ0) is 34.1. The number of nitrogens with zero attached hydrogens (tertiary/aromatic N) is 2. The Labute approximate surface area is 286 Å². The largest absolute Gasteiger partial charge is 0.367 e. The Hall–Kier alpha value is -4.29. The summed E-state index contributed by atoms with van der Waals surface area (Å²) in [7, 11) is -4.32. The van der Waals surface area contributed by atoms with E-state index in [1.54, 1.807) is 12.1 Å². The number of hydrogen-bond acceptors (Lipinski definition) is 7. The molecular weight excluding hydrogens is 645 g/mol. The monoisotopic (exact) mass is 683 g/mol. The van der Waals surface area contributed by atoms with Gasteiger partial charge in [-0.05, 0) is 103 Å². The molecule has 0 fully saturated rings. The second kappa shape index (κ2) is 16.2. The molecule has 4 aromatic rings. The average molecular weight is 684 g/mol. The smallest absolute Gasteiger partial charge is 0.294 e. The fraction of sp³-hybridized carbons (Fsp3) is 0.184. The molecule has 0 atom stereocenters. The summed E-state index contributed by atoms with van der Waals surface area (Å²) in [5.41, 5.74) is 9.42. The molecule has 248 valence electrons. The Kier molecular flexibility index (Phi) is 11.8. The lowest BCUT2D eigenvalue weighted by atomic mass is 9.90. The van der Waals surface area contributed by atoms with Crippen LogP contribution < -0.4 is 4.90 Å². The van der Waals surface area contributed by atoms with E-state index in [2.05, 4.69) is 112 Å². The third-order valence-electron chi connectivity index (χ3n) is 8.14. The molecule has 0 aliphatic heterocycles. The molecule has 2 N–H and O–H groups in total. The van der Waals surface area contributed by atoms with Gasteiger partial charge in [-0.1, -0.05) is 65.2 Å². The van der Waals surface area contributed by atoms with Gasteiger partial charge < -0.3 is 4.90 Å². The number of allylic oxidation sites excluding steroid dienone is 5. The molecule has 0 saturated heterocycles. The van der Waals surface area contributed by atoms with Crippen LogP contribution in [0.3, 0.4) is 0 Å². The number of anilines is 1. The van der Waals surface area contributed by atoms with E-state index >= 15 is 0 Å². The fourth-order valence-corrected chi connectivity index (χ4v) is 6.67. The lowest BCUT2D eigenvalue weighted by Crippen LogP contribution is -2.21. The van der Waals surface area contributed by atoms with Crippen LogP contribution in [0.5, 0.6) is 0 Å². The highest BCUT2D eigenvalue weighted by atomic mass is 32.2. The van der Waals surface area contributed by atoms with Crippen LogP contribution in [0.15, 0.2) is 137 Å². The quantitative estimate of drug-likeness (QED) is 0.0478. The second-order valence-corrected chi connectivity index (χ2v) is 13.6. The van der Waals surface area contributed by atoms with Crippen molar-refractivity contribution in [3.63, 3.8) is 0 Å². The maximum atomic E-state index is 11.8. The lowest BCUT2D eigenvalue weighted by molar-refractivity contribution is -0.539. The van der Waals surface area contributed by atoms with E-state index in [1.807, 2.05) is 24.3 Å². The molecule has 0 amide bonds. The van der Waals surface area contributed by atoms with E-state index in [9.17, 15) is 13.0 Å². The molecule has 48 heavy (non-hydrogen) atoms. The molecule has 0 spiro atoms. The van der Waals surface area contributed by atoms with Gasteiger partial charge in [-0.15, -0.1) is 4.33 Å². The lowest BCUT2D eigenvalue weighted by Gasteiger charge is -2.24. The van der Waals surface area contributed by atoms with Crippen LogP contribution in [0.25, 0.3) is 5.57 Å². The Balaban J connectivity index is 1.48. The first-order chi connectivity index (χ1) is 23.2. The third-order valence-corrected chi connectivity index (χ3v) is 9.58. The molecule has 0 radical (unpaired) electrons. The van der Waals surface area contributed by atoms with Crippen molar-refractivity contribution in [2.45, 2.75) is 43.7 Å². The molecule has 0 saturated carbocycles. The van der Waals surface area contributed by atoms with Crippen LogP contribution in [0.2, 0.25) is 0 Å². The van der Waals surface area contributed by atoms with Crippen molar-refractivity contribution >= 4 is 39.1 Å². The summed E-state index contributed by atoms with van der Waals surface area (Å²) in [5, 5.41) is 12.2. The number of aryl methyl sites for hydroxylation is 1. The summed E-state index contributed by atoms with van der Waals surface area (Å²) in [5.74, 6) is 0. The zero-order valence-corrected chi connectivity index (χ0v) is 28.7. The minimum atomic E-state index is -4.32. The molecule has 0 aromatic heterocycles. The molecule has 0 unspecified atom stereocenters. The van der Waals surface area contributed by atoms with Crippen molar-refractivity contribution in [1.29, 1.82) is 0 Å². The van der Waals surface area contributed by atoms with Crippen molar-refractivity contribution in [3.05, 3.63) is 155 Å². The van der Waals surface area contributed by atoms with Crippen LogP contribution in [0.4, 0.5) is 5.69 Å². The van der Waals surface area contributed by atoms with E-state index in [1.165, 1.54) is 23.3 Å². The molecule has 1 aliphatic rings. The first kappa shape index (κ1) is 35.0. The maximum Gasteiger partial charge on any atom is 0.294 e. The molecule has 10 heteroatoms. The third kappa shape index (κ3) is 8.99. The van der Waals surface area contributed by atoms with Crippen molar-refractivity contribution < 1.29 is 32.2 Å². The maximum absolute atomic E-state index is 11.8. The molecular formula is C38H39N2O6S2+. The Bertz CT molecular complexity index is 1950. The van der Waals surface area contributed by atoms with Crippen LogP contribution in [0.1, 0.15) is 41.7 Å². The Morgan fingerprint density at radius 1 is 0.833 bits per heavy atom. The summed E-state index contributed by atoms with van der Waals surface area (Å²) in [6, 6.07) is 31.0. The molecule has 1 aliphatic carbocycles. The number of benzene rings is 4. The average Bonchev–Trinajstić information content (AvgIpc) is 3.09. The van der Waals surface area contributed by atoms with Gasteiger partial charge in [0.05, 0.1) is 16.9 Å². The van der Waals surface area contributed by atoms with E-state index in [4.69, 9.17) is 5.26 Å². The first-order valence-corrected chi connectivity index (χ1v) is 17.8. The predicted molar refractivity (Wildman–Crippen MR) is 192 cm³/mol.